The van der Waals surface area contributed by atoms with E-state index >= 15 is 4.39 Å². The van der Waals surface area contributed by atoms with E-state index in [0.717, 1.165) is 18.9 Å². The summed E-state index contributed by atoms with van der Waals surface area (Å²) in [7, 11) is 0. The van der Waals surface area contributed by atoms with Gasteiger partial charge in [-0.3, -0.25) is 4.79 Å². The van der Waals surface area contributed by atoms with Gasteiger partial charge >= 0.3 is 5.97 Å². The first-order valence-corrected chi connectivity index (χ1v) is 10.0. The number of hydrogen-bond acceptors (Lipinski definition) is 7. The van der Waals surface area contributed by atoms with Crippen LogP contribution in [0.1, 0.15) is 36.2 Å². The molecule has 2 aromatic heterocycles. The molecule has 1 unspecified atom stereocenters. The molecule has 10 heteroatoms. The van der Waals surface area contributed by atoms with Gasteiger partial charge in [0.25, 0.3) is 0 Å². The van der Waals surface area contributed by atoms with Crippen LogP contribution in [0.5, 0.6) is 0 Å². The van der Waals surface area contributed by atoms with Gasteiger partial charge in [-0.05, 0) is 18.9 Å². The summed E-state index contributed by atoms with van der Waals surface area (Å²) in [5.41, 5.74) is 5.24. The highest BCUT2D eigenvalue weighted by molar-refractivity contribution is 5.97. The van der Waals surface area contributed by atoms with E-state index in [1.165, 1.54) is 6.20 Å². The highest BCUT2D eigenvalue weighted by Gasteiger charge is 2.41. The molecular formula is C21H24FN5O4. The minimum atomic E-state index is -1.34. The quantitative estimate of drug-likeness (QED) is 0.391. The predicted octanol–water partition coefficient (Wildman–Crippen LogP) is 1.91. The molecule has 2 aromatic rings. The number of nitrogens with two attached hydrogens (primary N) is 1. The number of halogens is 1. The zero-order valence-corrected chi connectivity index (χ0v) is 17.2. The average molecular weight is 429 g/mol. The summed E-state index contributed by atoms with van der Waals surface area (Å²) in [6.07, 6.45) is 4.57. The van der Waals surface area contributed by atoms with Gasteiger partial charge in [0.05, 0.1) is 17.6 Å². The molecule has 9 nitrogen and oxygen atoms in total. The van der Waals surface area contributed by atoms with Crippen LogP contribution < -0.4 is 16.1 Å². The van der Waals surface area contributed by atoms with Gasteiger partial charge in [-0.15, -0.1) is 0 Å². The summed E-state index contributed by atoms with van der Waals surface area (Å²) in [6.45, 7) is 6.66. The lowest BCUT2D eigenvalue weighted by molar-refractivity contribution is 0.0695. The minimum Gasteiger partial charge on any atom is -0.477 e. The summed E-state index contributed by atoms with van der Waals surface area (Å²) in [4.78, 5) is 35.5. The monoisotopic (exact) mass is 429 g/mol. The molecule has 4 rings (SSSR count). The number of carboxylic acid groups (broad SMARTS) is 1. The minimum absolute atomic E-state index is 0.0444. The Bertz CT molecular complexity index is 1160. The van der Waals surface area contributed by atoms with E-state index in [-0.39, 0.29) is 48.2 Å². The molecule has 1 saturated heterocycles. The van der Waals surface area contributed by atoms with Crippen molar-refractivity contribution in [3.05, 3.63) is 46.5 Å². The SMILES string of the molecule is C=CCON=C1CN(c2nc3c(cc2F)c(=O)c(C(=O)O)cn3C2CC2)CC1(C)CN. The van der Waals surface area contributed by atoms with Crippen LogP contribution in [0.4, 0.5) is 10.2 Å². The Morgan fingerprint density at radius 2 is 2.29 bits per heavy atom. The molecule has 0 radical (unpaired) electrons. The molecule has 3 N–H and O–H groups in total. The number of pyridine rings is 2. The van der Waals surface area contributed by atoms with Crippen LogP contribution in [-0.4, -0.2) is 52.6 Å². The molecule has 1 atom stereocenters. The van der Waals surface area contributed by atoms with Crippen molar-refractivity contribution in [3.63, 3.8) is 0 Å². The smallest absolute Gasteiger partial charge is 0.341 e. The third-order valence-electron chi connectivity index (χ3n) is 5.80. The first-order chi connectivity index (χ1) is 14.8. The van der Waals surface area contributed by atoms with Crippen LogP contribution in [0.15, 0.2) is 34.9 Å². The van der Waals surface area contributed by atoms with E-state index in [2.05, 4.69) is 16.7 Å². The molecule has 1 aliphatic carbocycles. The fourth-order valence-corrected chi connectivity index (χ4v) is 3.82. The molecule has 31 heavy (non-hydrogen) atoms. The van der Waals surface area contributed by atoms with Crippen LogP contribution in [0.3, 0.4) is 0 Å². The Morgan fingerprint density at radius 3 is 2.90 bits per heavy atom. The predicted molar refractivity (Wildman–Crippen MR) is 114 cm³/mol. The van der Waals surface area contributed by atoms with E-state index in [0.29, 0.717) is 12.3 Å². The van der Waals surface area contributed by atoms with Crippen molar-refractivity contribution in [2.24, 2.45) is 16.3 Å². The molecule has 0 spiro atoms. The normalized spacial score (nSPS) is 22.3. The summed E-state index contributed by atoms with van der Waals surface area (Å²) >= 11 is 0. The second-order valence-electron chi connectivity index (χ2n) is 8.22. The molecule has 164 valence electrons. The lowest BCUT2D eigenvalue weighted by atomic mass is 9.88. The van der Waals surface area contributed by atoms with E-state index in [4.69, 9.17) is 10.6 Å². The molecule has 2 aliphatic rings. The fraction of sp³-hybridized carbons (Fsp3) is 0.429. The van der Waals surface area contributed by atoms with Gasteiger partial charge in [0.2, 0.25) is 5.43 Å². The highest BCUT2D eigenvalue weighted by Crippen LogP contribution is 2.38. The number of anilines is 1. The zero-order chi connectivity index (χ0) is 22.3. The number of aromatic nitrogens is 2. The van der Waals surface area contributed by atoms with Crippen molar-refractivity contribution < 1.29 is 19.1 Å². The second-order valence-corrected chi connectivity index (χ2v) is 8.22. The highest BCUT2D eigenvalue weighted by atomic mass is 19.1. The van der Waals surface area contributed by atoms with E-state index in [1.807, 2.05) is 6.92 Å². The molecule has 3 heterocycles. The number of rotatable bonds is 7. The maximum Gasteiger partial charge on any atom is 0.341 e. The molecular weight excluding hydrogens is 405 g/mol. The third kappa shape index (κ3) is 3.67. The van der Waals surface area contributed by atoms with Crippen LogP contribution >= 0.6 is 0 Å². The van der Waals surface area contributed by atoms with Crippen LogP contribution in [0.2, 0.25) is 0 Å². The summed E-state index contributed by atoms with van der Waals surface area (Å²) in [6, 6.07) is 1.12. The second kappa shape index (κ2) is 7.77. The Morgan fingerprint density at radius 1 is 1.55 bits per heavy atom. The Labute approximate surface area is 177 Å². The van der Waals surface area contributed by atoms with Crippen molar-refractivity contribution >= 4 is 28.5 Å². The van der Waals surface area contributed by atoms with Crippen molar-refractivity contribution in [3.8, 4) is 0 Å². The van der Waals surface area contributed by atoms with E-state index < -0.39 is 22.6 Å². The van der Waals surface area contributed by atoms with Gasteiger partial charge in [0.1, 0.15) is 17.8 Å². The molecule has 1 aliphatic heterocycles. The van der Waals surface area contributed by atoms with Crippen LogP contribution in [0.25, 0.3) is 11.0 Å². The zero-order valence-electron chi connectivity index (χ0n) is 17.2. The molecule has 1 saturated carbocycles. The number of oxime groups is 1. The van der Waals surface area contributed by atoms with Crippen LogP contribution in [0, 0.1) is 11.2 Å². The number of carbonyl (C=O) groups is 1. The molecule has 0 bridgehead atoms. The molecule has 2 fully saturated rings. The van der Waals surface area contributed by atoms with Gasteiger partial charge < -0.3 is 25.1 Å². The van der Waals surface area contributed by atoms with Crippen molar-refractivity contribution in [2.45, 2.75) is 25.8 Å². The largest absolute Gasteiger partial charge is 0.477 e. The lowest BCUT2D eigenvalue weighted by Crippen LogP contribution is -2.36. The van der Waals surface area contributed by atoms with Gasteiger partial charge in [0.15, 0.2) is 11.6 Å². The number of carboxylic acids is 1. The Balaban J connectivity index is 1.81. The Hall–Kier alpha value is -3.27. The summed E-state index contributed by atoms with van der Waals surface area (Å²) < 4.78 is 16.8. The molecule has 0 aromatic carbocycles. The average Bonchev–Trinajstić information content (AvgIpc) is 3.52. The van der Waals surface area contributed by atoms with Gasteiger partial charge in [-0.25, -0.2) is 14.2 Å². The lowest BCUT2D eigenvalue weighted by Gasteiger charge is -2.23. The van der Waals surface area contributed by atoms with Crippen LogP contribution in [-0.2, 0) is 4.84 Å². The number of hydrogen-bond donors (Lipinski definition) is 2. The maximum atomic E-state index is 15.1. The van der Waals surface area contributed by atoms with Crippen molar-refractivity contribution in [1.82, 2.24) is 9.55 Å². The van der Waals surface area contributed by atoms with E-state index in [1.54, 1.807) is 15.5 Å². The molecule has 0 amide bonds. The van der Waals surface area contributed by atoms with Crippen molar-refractivity contribution in [1.29, 1.82) is 0 Å². The summed E-state index contributed by atoms with van der Waals surface area (Å²) in [5, 5.41) is 13.5. The maximum absolute atomic E-state index is 15.1. The van der Waals surface area contributed by atoms with Gasteiger partial charge in [0, 0.05) is 30.7 Å². The third-order valence-corrected chi connectivity index (χ3v) is 5.80. The standard InChI is InChI=1S/C21H24FN5O4/c1-3-6-31-25-16-9-26(11-21(16,2)10-23)19-15(22)7-13-17(28)14(20(29)30)8-27(12-4-5-12)18(13)24-19/h3,7-8,12H,1,4-6,9-11,23H2,2H3,(H,29,30). The van der Waals surface area contributed by atoms with Crippen molar-refractivity contribution in [2.75, 3.05) is 31.1 Å². The fourth-order valence-electron chi connectivity index (χ4n) is 3.82. The Kier molecular flexibility index (Phi) is 5.26. The van der Waals surface area contributed by atoms with E-state index in [9.17, 15) is 14.7 Å². The number of fused-ring (bicyclic) bond motifs is 1. The van der Waals surface area contributed by atoms with Gasteiger partial charge in [-0.2, -0.15) is 0 Å². The van der Waals surface area contributed by atoms with Gasteiger partial charge in [-0.1, -0.05) is 24.7 Å². The number of aromatic carboxylic acids is 1. The first-order valence-electron chi connectivity index (χ1n) is 10.0. The number of nitrogens with zero attached hydrogens (tertiary/aromatic N) is 4. The topological polar surface area (TPSA) is 123 Å². The summed E-state index contributed by atoms with van der Waals surface area (Å²) in [5.74, 6) is -1.98. The first kappa shape index (κ1) is 21.0.